The summed E-state index contributed by atoms with van der Waals surface area (Å²) < 4.78 is 24.4. The molecular weight excluding hydrogens is 559 g/mol. The Kier molecular flexibility index (Phi) is 12.5. The van der Waals surface area contributed by atoms with Gasteiger partial charge in [0.2, 0.25) is 11.7 Å². The Balaban J connectivity index is 1.77. The minimum absolute atomic E-state index is 0.00193. The van der Waals surface area contributed by atoms with Crippen LogP contribution in [0.2, 0.25) is 0 Å². The van der Waals surface area contributed by atoms with Gasteiger partial charge in [0.25, 0.3) is 17.7 Å². The Morgan fingerprint density at radius 1 is 0.929 bits per heavy atom. The third-order valence-electron chi connectivity index (χ3n) is 6.46. The Hall–Kier alpha value is -3.79. The molecule has 2 aromatic rings. The predicted molar refractivity (Wildman–Crippen MR) is 159 cm³/mol. The minimum Gasteiger partial charge on any atom is -0.342 e. The maximum absolute atomic E-state index is 13.6. The van der Waals surface area contributed by atoms with Crippen LogP contribution in [0.15, 0.2) is 60.3 Å². The summed E-state index contributed by atoms with van der Waals surface area (Å²) in [6.07, 6.45) is 4.05. The first-order chi connectivity index (χ1) is 20.2. The first kappa shape index (κ1) is 32.7. The Morgan fingerprint density at radius 2 is 1.55 bits per heavy atom. The number of carbonyl (C=O) groups is 4. The van der Waals surface area contributed by atoms with Gasteiger partial charge >= 0.3 is 7.60 Å². The molecule has 12 heteroatoms. The number of nitrogens with one attached hydrogen (secondary N) is 3. The number of benzene rings is 2. The molecule has 0 saturated carbocycles. The average molecular weight is 599 g/mol. The zero-order chi connectivity index (χ0) is 30.5. The third-order valence-corrected chi connectivity index (χ3v) is 8.68. The Morgan fingerprint density at radius 3 is 2.14 bits per heavy atom. The zero-order valence-electron chi connectivity index (χ0n) is 24.3. The second-order valence-corrected chi connectivity index (χ2v) is 11.8. The molecule has 11 nitrogen and oxygen atoms in total. The van der Waals surface area contributed by atoms with Gasteiger partial charge in [0.05, 0.1) is 19.8 Å². The highest BCUT2D eigenvalue weighted by Crippen LogP contribution is 2.52. The molecule has 1 fully saturated rings. The molecule has 3 rings (SSSR count). The van der Waals surface area contributed by atoms with Crippen molar-refractivity contribution in [3.8, 4) is 0 Å². The lowest BCUT2D eigenvalue weighted by atomic mass is 10.1. The molecule has 0 radical (unpaired) electrons. The van der Waals surface area contributed by atoms with E-state index in [9.17, 15) is 23.7 Å². The molecule has 226 valence electrons. The van der Waals surface area contributed by atoms with Crippen molar-refractivity contribution in [2.45, 2.75) is 45.8 Å². The van der Waals surface area contributed by atoms with E-state index in [0.29, 0.717) is 24.2 Å². The summed E-state index contributed by atoms with van der Waals surface area (Å²) in [7, 11) is -4.08. The van der Waals surface area contributed by atoms with Crippen molar-refractivity contribution in [1.82, 2.24) is 20.9 Å². The van der Waals surface area contributed by atoms with Gasteiger partial charge in [-0.05, 0) is 63.8 Å². The second kappa shape index (κ2) is 16.0. The summed E-state index contributed by atoms with van der Waals surface area (Å²) in [6, 6.07) is 15.7. The maximum Gasteiger partial charge on any atom is 0.362 e. The molecule has 0 aromatic heterocycles. The largest absolute Gasteiger partial charge is 0.362 e. The maximum atomic E-state index is 13.6. The fourth-order valence-electron chi connectivity index (χ4n) is 4.34. The van der Waals surface area contributed by atoms with Gasteiger partial charge in [0.15, 0.2) is 0 Å². The number of rotatable bonds is 13. The number of carbonyl (C=O) groups excluding carboxylic acids is 4. The van der Waals surface area contributed by atoms with Crippen molar-refractivity contribution >= 4 is 37.3 Å². The molecule has 1 heterocycles. The molecule has 1 saturated heterocycles. The summed E-state index contributed by atoms with van der Waals surface area (Å²) in [5, 5.41) is 7.57. The molecule has 1 aliphatic rings. The van der Waals surface area contributed by atoms with Crippen LogP contribution in [0.25, 0.3) is 6.08 Å². The first-order valence-corrected chi connectivity index (χ1v) is 15.7. The van der Waals surface area contributed by atoms with Gasteiger partial charge in [-0.15, -0.1) is 0 Å². The van der Waals surface area contributed by atoms with E-state index in [1.54, 1.807) is 61.2 Å². The quantitative estimate of drug-likeness (QED) is 0.236. The van der Waals surface area contributed by atoms with Gasteiger partial charge in [-0.2, -0.15) is 0 Å². The average Bonchev–Trinajstić information content (AvgIpc) is 3.00. The molecule has 0 bridgehead atoms. The molecule has 4 amide bonds. The van der Waals surface area contributed by atoms with E-state index in [2.05, 4.69) is 16.0 Å². The summed E-state index contributed by atoms with van der Waals surface area (Å²) in [6.45, 7) is 5.53. The van der Waals surface area contributed by atoms with E-state index in [1.807, 2.05) is 19.1 Å². The van der Waals surface area contributed by atoms with Crippen molar-refractivity contribution in [1.29, 1.82) is 0 Å². The van der Waals surface area contributed by atoms with Crippen molar-refractivity contribution in [2.24, 2.45) is 0 Å². The van der Waals surface area contributed by atoms with E-state index in [-0.39, 0.29) is 18.9 Å². The predicted octanol–water partition coefficient (Wildman–Crippen LogP) is 3.60. The van der Waals surface area contributed by atoms with Crippen LogP contribution >= 0.6 is 7.60 Å². The lowest BCUT2D eigenvalue weighted by Gasteiger charge is -2.33. The van der Waals surface area contributed by atoms with Gasteiger partial charge < -0.3 is 29.9 Å². The summed E-state index contributed by atoms with van der Waals surface area (Å²) in [5.74, 6) is -4.14. The van der Waals surface area contributed by atoms with Gasteiger partial charge in [-0.3, -0.25) is 23.7 Å². The standard InChI is InChI=1S/C30H39N4O7P/c1-4-40-42(39,41-5-2)29(30(38)34-18-10-7-11-19-34)33-26(35)21-31-28(37)25(20-23-16-14-22(3)15-17-23)32-27(36)24-12-8-6-9-13-24/h6,8-9,12-17,20,29H,4-5,7,10-11,18-19,21H2,1-3H3,(H,31,37)(H,32,36)(H,33,35)/b25-20-. The molecule has 0 spiro atoms. The molecule has 0 aliphatic carbocycles. The second-order valence-electron chi connectivity index (χ2n) is 9.70. The van der Waals surface area contributed by atoms with Crippen molar-refractivity contribution in [2.75, 3.05) is 32.8 Å². The highest BCUT2D eigenvalue weighted by atomic mass is 31.2. The first-order valence-electron chi connectivity index (χ1n) is 14.1. The van der Waals surface area contributed by atoms with Gasteiger partial charge in [-0.25, -0.2) is 0 Å². The molecule has 1 unspecified atom stereocenters. The van der Waals surface area contributed by atoms with Crippen LogP contribution in [-0.4, -0.2) is 67.2 Å². The third kappa shape index (κ3) is 9.37. The molecule has 1 atom stereocenters. The summed E-state index contributed by atoms with van der Waals surface area (Å²) >= 11 is 0. The minimum atomic E-state index is -4.08. The van der Waals surface area contributed by atoms with E-state index in [0.717, 1.165) is 24.8 Å². The summed E-state index contributed by atoms with van der Waals surface area (Å²) in [5.41, 5.74) is 1.94. The summed E-state index contributed by atoms with van der Waals surface area (Å²) in [4.78, 5) is 54.0. The van der Waals surface area contributed by atoms with Crippen LogP contribution in [-0.2, 0) is 28.0 Å². The van der Waals surface area contributed by atoms with Crippen LogP contribution < -0.4 is 16.0 Å². The van der Waals surface area contributed by atoms with E-state index < -0.39 is 43.6 Å². The van der Waals surface area contributed by atoms with Crippen molar-refractivity contribution in [3.05, 3.63) is 77.0 Å². The molecular formula is C30H39N4O7P. The number of aryl methyl sites for hydroxylation is 1. The molecule has 2 aromatic carbocycles. The molecule has 3 N–H and O–H groups in total. The number of piperidine rings is 1. The van der Waals surface area contributed by atoms with Gasteiger partial charge in [0.1, 0.15) is 5.70 Å². The fourth-order valence-corrected chi connectivity index (χ4v) is 6.17. The SMILES string of the molecule is CCOP(=O)(OCC)C(NC(=O)CNC(=O)/C(=C/c1ccc(C)cc1)NC(=O)c1ccccc1)C(=O)N1CCCCC1. The number of hydrogen-bond donors (Lipinski definition) is 3. The van der Waals surface area contributed by atoms with Crippen LogP contribution in [0.1, 0.15) is 54.6 Å². The highest BCUT2D eigenvalue weighted by Gasteiger charge is 2.44. The van der Waals surface area contributed by atoms with Crippen molar-refractivity contribution < 1.29 is 32.8 Å². The van der Waals surface area contributed by atoms with E-state index in [1.165, 1.54) is 6.08 Å². The number of amides is 4. The molecule has 42 heavy (non-hydrogen) atoms. The van der Waals surface area contributed by atoms with Crippen LogP contribution in [0, 0.1) is 6.92 Å². The Labute approximate surface area is 246 Å². The lowest BCUT2D eigenvalue weighted by Crippen LogP contribution is -2.52. The lowest BCUT2D eigenvalue weighted by molar-refractivity contribution is -0.135. The molecule has 1 aliphatic heterocycles. The van der Waals surface area contributed by atoms with Gasteiger partial charge in [0, 0.05) is 18.7 Å². The monoisotopic (exact) mass is 598 g/mol. The number of hydrogen-bond acceptors (Lipinski definition) is 7. The van der Waals surface area contributed by atoms with Crippen LogP contribution in [0.5, 0.6) is 0 Å². The van der Waals surface area contributed by atoms with E-state index in [4.69, 9.17) is 9.05 Å². The topological polar surface area (TPSA) is 143 Å². The normalized spacial score (nSPS) is 14.5. The van der Waals surface area contributed by atoms with Gasteiger partial charge in [-0.1, -0.05) is 48.0 Å². The fraction of sp³-hybridized carbons (Fsp3) is 0.400. The smallest absolute Gasteiger partial charge is 0.342 e. The van der Waals surface area contributed by atoms with Crippen LogP contribution in [0.3, 0.4) is 0 Å². The van der Waals surface area contributed by atoms with E-state index >= 15 is 0 Å². The number of likely N-dealkylation sites (tertiary alicyclic amines) is 1. The highest BCUT2D eigenvalue weighted by molar-refractivity contribution is 7.55. The zero-order valence-corrected chi connectivity index (χ0v) is 25.2. The van der Waals surface area contributed by atoms with Crippen LogP contribution in [0.4, 0.5) is 0 Å². The Bertz CT molecular complexity index is 1300. The number of nitrogens with zero attached hydrogens (tertiary/aromatic N) is 1. The van der Waals surface area contributed by atoms with Crippen molar-refractivity contribution in [3.63, 3.8) is 0 Å².